The second kappa shape index (κ2) is 3.69. The third-order valence-corrected chi connectivity index (χ3v) is 3.88. The van der Waals surface area contributed by atoms with Gasteiger partial charge in [0.25, 0.3) is 0 Å². The maximum absolute atomic E-state index is 10.7. The largest absolute Gasteiger partial charge is 0.358 e. The fraction of sp³-hybridized carbons (Fsp3) is 0.429. The summed E-state index contributed by atoms with van der Waals surface area (Å²) in [4.78, 5) is 14.2. The summed E-state index contributed by atoms with van der Waals surface area (Å²) in [5.74, 6) is 0. The third-order valence-electron chi connectivity index (χ3n) is 3.88. The first-order chi connectivity index (χ1) is 8.20. The minimum atomic E-state index is -0.0404. The van der Waals surface area contributed by atoms with Crippen LogP contribution in [0.15, 0.2) is 17.3 Å². The molecule has 0 aliphatic heterocycles. The van der Waals surface area contributed by atoms with Gasteiger partial charge in [-0.3, -0.25) is 0 Å². The van der Waals surface area contributed by atoms with Gasteiger partial charge in [-0.15, -0.1) is 0 Å². The molecular weight excluding hydrogens is 212 g/mol. The van der Waals surface area contributed by atoms with Crippen molar-refractivity contribution in [3.63, 3.8) is 0 Å². The number of fused-ring (bicyclic) bond motifs is 3. The van der Waals surface area contributed by atoms with E-state index in [0.717, 1.165) is 19.3 Å². The SMILES string of the molecule is Cc1ccc(C)c2c3c([nH]c12)CCC(N=O)C3. The van der Waals surface area contributed by atoms with Crippen molar-refractivity contribution < 1.29 is 0 Å². The first-order valence-corrected chi connectivity index (χ1v) is 6.13. The highest BCUT2D eigenvalue weighted by Gasteiger charge is 2.24. The van der Waals surface area contributed by atoms with E-state index in [1.165, 1.54) is 33.3 Å². The van der Waals surface area contributed by atoms with Gasteiger partial charge in [0, 0.05) is 23.0 Å². The van der Waals surface area contributed by atoms with E-state index < -0.39 is 0 Å². The topological polar surface area (TPSA) is 45.2 Å². The van der Waals surface area contributed by atoms with Crippen LogP contribution in [-0.4, -0.2) is 11.0 Å². The van der Waals surface area contributed by atoms with Gasteiger partial charge in [0.05, 0.1) is 6.04 Å². The number of aryl methyl sites for hydroxylation is 3. The number of nitroso groups, excluding NO2 is 1. The van der Waals surface area contributed by atoms with Gasteiger partial charge in [-0.1, -0.05) is 17.3 Å². The molecule has 1 atom stereocenters. The predicted octanol–water partition coefficient (Wildman–Crippen LogP) is 3.41. The van der Waals surface area contributed by atoms with Crippen LogP contribution in [0.4, 0.5) is 0 Å². The number of nitrogens with zero attached hydrogens (tertiary/aromatic N) is 1. The Bertz CT molecular complexity index is 598. The van der Waals surface area contributed by atoms with Crippen LogP contribution >= 0.6 is 0 Å². The molecule has 0 bridgehead atoms. The van der Waals surface area contributed by atoms with E-state index in [9.17, 15) is 4.91 Å². The number of H-pyrrole nitrogens is 1. The number of benzene rings is 1. The van der Waals surface area contributed by atoms with Crippen LogP contribution in [0.2, 0.25) is 0 Å². The molecule has 3 heteroatoms. The molecule has 1 aromatic heterocycles. The van der Waals surface area contributed by atoms with E-state index in [1.54, 1.807) is 0 Å². The van der Waals surface area contributed by atoms with Crippen molar-refractivity contribution >= 4 is 10.9 Å². The molecule has 0 saturated heterocycles. The molecule has 1 aliphatic carbocycles. The van der Waals surface area contributed by atoms with Crippen molar-refractivity contribution in [1.29, 1.82) is 0 Å². The zero-order valence-corrected chi connectivity index (χ0v) is 10.2. The van der Waals surface area contributed by atoms with Crippen LogP contribution in [0.1, 0.15) is 28.8 Å². The maximum Gasteiger partial charge on any atom is 0.0964 e. The number of hydrogen-bond acceptors (Lipinski definition) is 2. The molecule has 17 heavy (non-hydrogen) atoms. The Labute approximate surface area is 100 Å². The molecule has 1 N–H and O–H groups in total. The summed E-state index contributed by atoms with van der Waals surface area (Å²) in [5.41, 5.74) is 6.42. The van der Waals surface area contributed by atoms with Crippen molar-refractivity contribution in [1.82, 2.24) is 4.98 Å². The van der Waals surface area contributed by atoms with Crippen LogP contribution in [0.5, 0.6) is 0 Å². The predicted molar refractivity (Wildman–Crippen MR) is 69.4 cm³/mol. The lowest BCUT2D eigenvalue weighted by Crippen LogP contribution is -2.16. The van der Waals surface area contributed by atoms with Crippen molar-refractivity contribution in [2.24, 2.45) is 5.18 Å². The van der Waals surface area contributed by atoms with Gasteiger partial charge in [0.15, 0.2) is 0 Å². The first-order valence-electron chi connectivity index (χ1n) is 6.13. The Morgan fingerprint density at radius 2 is 2.06 bits per heavy atom. The van der Waals surface area contributed by atoms with Gasteiger partial charge in [-0.25, -0.2) is 0 Å². The average Bonchev–Trinajstić information content (AvgIpc) is 2.73. The molecule has 1 aliphatic rings. The van der Waals surface area contributed by atoms with E-state index in [-0.39, 0.29) is 6.04 Å². The summed E-state index contributed by atoms with van der Waals surface area (Å²) in [7, 11) is 0. The number of nitrogens with one attached hydrogen (secondary N) is 1. The zero-order chi connectivity index (χ0) is 12.0. The molecule has 3 nitrogen and oxygen atoms in total. The summed E-state index contributed by atoms with van der Waals surface area (Å²) < 4.78 is 0. The van der Waals surface area contributed by atoms with Crippen LogP contribution < -0.4 is 0 Å². The number of hydrogen-bond donors (Lipinski definition) is 1. The molecule has 0 spiro atoms. The van der Waals surface area contributed by atoms with E-state index in [4.69, 9.17) is 0 Å². The third kappa shape index (κ3) is 1.49. The molecule has 88 valence electrons. The Morgan fingerprint density at radius 1 is 1.29 bits per heavy atom. The molecule has 0 radical (unpaired) electrons. The quantitative estimate of drug-likeness (QED) is 0.747. The maximum atomic E-state index is 10.7. The molecule has 1 heterocycles. The van der Waals surface area contributed by atoms with E-state index in [2.05, 4.69) is 36.1 Å². The highest BCUT2D eigenvalue weighted by atomic mass is 16.3. The summed E-state index contributed by atoms with van der Waals surface area (Å²) in [5, 5.41) is 4.53. The molecular formula is C14H16N2O. The average molecular weight is 228 g/mol. The van der Waals surface area contributed by atoms with Crippen molar-refractivity contribution in [2.75, 3.05) is 0 Å². The van der Waals surface area contributed by atoms with Gasteiger partial charge in [0.2, 0.25) is 0 Å². The van der Waals surface area contributed by atoms with E-state index in [0.29, 0.717) is 0 Å². The lowest BCUT2D eigenvalue weighted by molar-refractivity contribution is 0.572. The smallest absolute Gasteiger partial charge is 0.0964 e. The number of rotatable bonds is 1. The molecule has 3 rings (SSSR count). The Balaban J connectivity index is 2.27. The monoisotopic (exact) mass is 228 g/mol. The molecule has 2 aromatic rings. The number of aromatic amines is 1. The normalized spacial score (nSPS) is 19.3. The second-order valence-corrected chi connectivity index (χ2v) is 5.03. The van der Waals surface area contributed by atoms with Crippen LogP contribution in [0.25, 0.3) is 10.9 Å². The molecule has 0 amide bonds. The highest BCUT2D eigenvalue weighted by Crippen LogP contribution is 2.33. The van der Waals surface area contributed by atoms with E-state index >= 15 is 0 Å². The molecule has 1 unspecified atom stereocenters. The minimum Gasteiger partial charge on any atom is -0.358 e. The lowest BCUT2D eigenvalue weighted by Gasteiger charge is -2.16. The van der Waals surface area contributed by atoms with E-state index in [1.807, 2.05) is 0 Å². The molecule has 0 saturated carbocycles. The first kappa shape index (κ1) is 10.5. The molecule has 1 aromatic carbocycles. The van der Waals surface area contributed by atoms with Gasteiger partial charge < -0.3 is 4.98 Å². The standard InChI is InChI=1S/C14H16N2O/c1-8-3-4-9(2)14-13(8)11-7-10(16-17)5-6-12(11)15-14/h3-4,10,15H,5-7H2,1-2H3. The van der Waals surface area contributed by atoms with Gasteiger partial charge >= 0.3 is 0 Å². The summed E-state index contributed by atoms with van der Waals surface area (Å²) in [6, 6.07) is 4.26. The van der Waals surface area contributed by atoms with Crippen LogP contribution in [0, 0.1) is 18.8 Å². The fourth-order valence-corrected chi connectivity index (χ4v) is 2.92. The summed E-state index contributed by atoms with van der Waals surface area (Å²) in [6.45, 7) is 4.26. The van der Waals surface area contributed by atoms with Crippen molar-refractivity contribution in [3.05, 3.63) is 39.4 Å². The Morgan fingerprint density at radius 3 is 2.82 bits per heavy atom. The lowest BCUT2D eigenvalue weighted by atomic mass is 9.90. The summed E-state index contributed by atoms with van der Waals surface area (Å²) >= 11 is 0. The Hall–Kier alpha value is -1.64. The van der Waals surface area contributed by atoms with Crippen LogP contribution in [0.3, 0.4) is 0 Å². The minimum absolute atomic E-state index is 0.0404. The number of aromatic nitrogens is 1. The van der Waals surface area contributed by atoms with Crippen molar-refractivity contribution in [3.8, 4) is 0 Å². The van der Waals surface area contributed by atoms with Gasteiger partial charge in [0.1, 0.15) is 0 Å². The summed E-state index contributed by atoms with van der Waals surface area (Å²) in [6.07, 6.45) is 2.61. The van der Waals surface area contributed by atoms with Crippen LogP contribution in [-0.2, 0) is 12.8 Å². The van der Waals surface area contributed by atoms with Crippen molar-refractivity contribution in [2.45, 2.75) is 39.2 Å². The zero-order valence-electron chi connectivity index (χ0n) is 10.2. The Kier molecular flexibility index (Phi) is 2.28. The molecule has 0 fully saturated rings. The highest BCUT2D eigenvalue weighted by molar-refractivity contribution is 5.90. The van der Waals surface area contributed by atoms with Gasteiger partial charge in [-0.05, 0) is 43.4 Å². The fourth-order valence-electron chi connectivity index (χ4n) is 2.92. The van der Waals surface area contributed by atoms with Gasteiger partial charge in [-0.2, -0.15) is 4.91 Å². The second-order valence-electron chi connectivity index (χ2n) is 5.03.